The minimum atomic E-state index is -0.0680. The van der Waals surface area contributed by atoms with Crippen LogP contribution in [0.2, 0.25) is 0 Å². The Labute approximate surface area is 153 Å². The van der Waals surface area contributed by atoms with E-state index in [1.165, 1.54) is 5.56 Å². The molecule has 2 N–H and O–H groups in total. The molecule has 0 saturated carbocycles. The van der Waals surface area contributed by atoms with Crippen LogP contribution in [0.5, 0.6) is 0 Å². The van der Waals surface area contributed by atoms with E-state index in [1.54, 1.807) is 6.07 Å². The standard InChI is InChI=1S/C21H22N4O/c1-16(18-10-6-3-7-11-18)22-19-13-14-20(25-24-19)23-21(26)15-12-17-8-4-2-5-9-17/h2-11,13-14,16H,12,15H2,1H3,(H,22,24)(H,23,25,26). The molecule has 1 unspecified atom stereocenters. The smallest absolute Gasteiger partial charge is 0.225 e. The zero-order chi connectivity index (χ0) is 18.2. The Kier molecular flexibility index (Phi) is 5.93. The van der Waals surface area contributed by atoms with Gasteiger partial charge in [0.15, 0.2) is 5.82 Å². The van der Waals surface area contributed by atoms with E-state index < -0.39 is 0 Å². The summed E-state index contributed by atoms with van der Waals surface area (Å²) >= 11 is 0. The SMILES string of the molecule is CC(Nc1ccc(NC(=O)CCc2ccccc2)nn1)c1ccccc1. The van der Waals surface area contributed by atoms with Crippen molar-refractivity contribution in [2.45, 2.75) is 25.8 Å². The van der Waals surface area contributed by atoms with Gasteiger partial charge in [-0.1, -0.05) is 60.7 Å². The number of rotatable bonds is 7. The fourth-order valence-corrected chi connectivity index (χ4v) is 2.63. The molecule has 3 aromatic rings. The number of hydrogen-bond acceptors (Lipinski definition) is 4. The lowest BCUT2D eigenvalue weighted by Gasteiger charge is -2.14. The third kappa shape index (κ3) is 5.14. The van der Waals surface area contributed by atoms with Crippen molar-refractivity contribution in [1.82, 2.24) is 10.2 Å². The third-order valence-electron chi connectivity index (χ3n) is 4.08. The normalized spacial score (nSPS) is 11.6. The third-order valence-corrected chi connectivity index (χ3v) is 4.08. The highest BCUT2D eigenvalue weighted by atomic mass is 16.1. The van der Waals surface area contributed by atoms with E-state index in [0.29, 0.717) is 24.5 Å². The molecule has 5 nitrogen and oxygen atoms in total. The fourth-order valence-electron chi connectivity index (χ4n) is 2.63. The highest BCUT2D eigenvalue weighted by Crippen LogP contribution is 2.17. The van der Waals surface area contributed by atoms with Crippen molar-refractivity contribution in [3.63, 3.8) is 0 Å². The Hall–Kier alpha value is -3.21. The number of nitrogens with zero attached hydrogens (tertiary/aromatic N) is 2. The summed E-state index contributed by atoms with van der Waals surface area (Å²) in [7, 11) is 0. The van der Waals surface area contributed by atoms with E-state index in [-0.39, 0.29) is 11.9 Å². The molecule has 0 bridgehead atoms. The second-order valence-corrected chi connectivity index (χ2v) is 6.11. The quantitative estimate of drug-likeness (QED) is 0.672. The lowest BCUT2D eigenvalue weighted by atomic mass is 10.1. The predicted octanol–water partition coefficient (Wildman–Crippen LogP) is 4.22. The molecule has 0 saturated heterocycles. The minimum absolute atomic E-state index is 0.0680. The van der Waals surface area contributed by atoms with Gasteiger partial charge in [-0.3, -0.25) is 4.79 Å². The Morgan fingerprint density at radius 2 is 1.50 bits per heavy atom. The molecule has 1 amide bonds. The molecule has 2 aromatic carbocycles. The van der Waals surface area contributed by atoms with Gasteiger partial charge in [0.1, 0.15) is 5.82 Å². The first-order chi connectivity index (χ1) is 12.7. The van der Waals surface area contributed by atoms with Crippen LogP contribution in [0.3, 0.4) is 0 Å². The number of benzene rings is 2. The maximum absolute atomic E-state index is 12.0. The predicted molar refractivity (Wildman–Crippen MR) is 104 cm³/mol. The van der Waals surface area contributed by atoms with Crippen LogP contribution in [-0.2, 0) is 11.2 Å². The second-order valence-electron chi connectivity index (χ2n) is 6.11. The lowest BCUT2D eigenvalue weighted by molar-refractivity contribution is -0.116. The first-order valence-electron chi connectivity index (χ1n) is 8.70. The Morgan fingerprint density at radius 1 is 0.885 bits per heavy atom. The molecular formula is C21H22N4O. The number of carbonyl (C=O) groups is 1. The van der Waals surface area contributed by atoms with Crippen LogP contribution in [0.15, 0.2) is 72.8 Å². The van der Waals surface area contributed by atoms with Gasteiger partial charge < -0.3 is 10.6 Å². The van der Waals surface area contributed by atoms with Crippen LogP contribution in [0, 0.1) is 0 Å². The maximum atomic E-state index is 12.0. The number of hydrogen-bond donors (Lipinski definition) is 2. The molecule has 0 aliphatic heterocycles. The Morgan fingerprint density at radius 3 is 2.15 bits per heavy atom. The number of aryl methyl sites for hydroxylation is 1. The number of carbonyl (C=O) groups excluding carboxylic acids is 1. The summed E-state index contributed by atoms with van der Waals surface area (Å²) in [5, 5.41) is 14.3. The van der Waals surface area contributed by atoms with E-state index in [9.17, 15) is 4.79 Å². The van der Waals surface area contributed by atoms with Crippen LogP contribution in [0.25, 0.3) is 0 Å². The topological polar surface area (TPSA) is 66.9 Å². The van der Waals surface area contributed by atoms with E-state index in [4.69, 9.17) is 0 Å². The molecule has 1 atom stereocenters. The monoisotopic (exact) mass is 346 g/mol. The van der Waals surface area contributed by atoms with Crippen molar-refractivity contribution in [3.8, 4) is 0 Å². The van der Waals surface area contributed by atoms with Gasteiger partial charge in [-0.25, -0.2) is 0 Å². The summed E-state index contributed by atoms with van der Waals surface area (Å²) in [4.78, 5) is 12.0. The number of amides is 1. The van der Waals surface area contributed by atoms with Crippen LogP contribution < -0.4 is 10.6 Å². The van der Waals surface area contributed by atoms with Gasteiger partial charge in [-0.15, -0.1) is 10.2 Å². The van der Waals surface area contributed by atoms with Crippen LogP contribution >= 0.6 is 0 Å². The summed E-state index contributed by atoms with van der Waals surface area (Å²) in [5.41, 5.74) is 2.32. The molecule has 132 valence electrons. The molecule has 3 rings (SSSR count). The molecule has 0 aliphatic rings. The molecule has 26 heavy (non-hydrogen) atoms. The average molecular weight is 346 g/mol. The number of nitrogens with one attached hydrogen (secondary N) is 2. The van der Waals surface area contributed by atoms with Crippen LogP contribution in [0.1, 0.15) is 30.5 Å². The zero-order valence-corrected chi connectivity index (χ0v) is 14.7. The largest absolute Gasteiger partial charge is 0.362 e. The van der Waals surface area contributed by atoms with Gasteiger partial charge in [-0.05, 0) is 36.6 Å². The van der Waals surface area contributed by atoms with E-state index in [2.05, 4.69) is 39.9 Å². The summed E-state index contributed by atoms with van der Waals surface area (Å²) in [6.45, 7) is 2.07. The first kappa shape index (κ1) is 17.6. The van der Waals surface area contributed by atoms with Crippen molar-refractivity contribution in [3.05, 3.63) is 83.9 Å². The molecular weight excluding hydrogens is 324 g/mol. The summed E-state index contributed by atoms with van der Waals surface area (Å²) in [5.74, 6) is 1.06. The molecule has 5 heteroatoms. The van der Waals surface area contributed by atoms with Gasteiger partial charge in [0.25, 0.3) is 0 Å². The molecule has 0 fully saturated rings. The molecule has 1 heterocycles. The Bertz CT molecular complexity index is 820. The van der Waals surface area contributed by atoms with Crippen LogP contribution in [0.4, 0.5) is 11.6 Å². The highest BCUT2D eigenvalue weighted by molar-refractivity contribution is 5.89. The van der Waals surface area contributed by atoms with Crippen molar-refractivity contribution in [2.75, 3.05) is 10.6 Å². The molecule has 1 aromatic heterocycles. The van der Waals surface area contributed by atoms with Gasteiger partial charge in [0.05, 0.1) is 0 Å². The lowest BCUT2D eigenvalue weighted by Crippen LogP contribution is -2.14. The number of aromatic nitrogens is 2. The van der Waals surface area contributed by atoms with Gasteiger partial charge >= 0.3 is 0 Å². The number of anilines is 2. The van der Waals surface area contributed by atoms with Gasteiger partial charge in [-0.2, -0.15) is 0 Å². The van der Waals surface area contributed by atoms with Crippen molar-refractivity contribution < 1.29 is 4.79 Å². The van der Waals surface area contributed by atoms with Gasteiger partial charge in [0.2, 0.25) is 5.91 Å². The zero-order valence-electron chi connectivity index (χ0n) is 14.7. The molecule has 0 spiro atoms. The summed E-state index contributed by atoms with van der Waals surface area (Å²) in [6, 6.07) is 23.8. The van der Waals surface area contributed by atoms with E-state index in [0.717, 1.165) is 5.56 Å². The average Bonchev–Trinajstić information content (AvgIpc) is 2.69. The fraction of sp³-hybridized carbons (Fsp3) is 0.190. The van der Waals surface area contributed by atoms with Crippen molar-refractivity contribution in [1.29, 1.82) is 0 Å². The highest BCUT2D eigenvalue weighted by Gasteiger charge is 2.07. The second kappa shape index (κ2) is 8.76. The maximum Gasteiger partial charge on any atom is 0.225 e. The summed E-state index contributed by atoms with van der Waals surface area (Å²) in [6.07, 6.45) is 1.12. The molecule has 0 aliphatic carbocycles. The van der Waals surface area contributed by atoms with Crippen LogP contribution in [-0.4, -0.2) is 16.1 Å². The van der Waals surface area contributed by atoms with Crippen molar-refractivity contribution >= 4 is 17.5 Å². The van der Waals surface area contributed by atoms with Crippen molar-refractivity contribution in [2.24, 2.45) is 0 Å². The first-order valence-corrected chi connectivity index (χ1v) is 8.70. The van der Waals surface area contributed by atoms with E-state index in [1.807, 2.05) is 54.6 Å². The van der Waals surface area contributed by atoms with Gasteiger partial charge in [0, 0.05) is 12.5 Å². The summed E-state index contributed by atoms with van der Waals surface area (Å²) < 4.78 is 0. The van der Waals surface area contributed by atoms with E-state index >= 15 is 0 Å². The minimum Gasteiger partial charge on any atom is -0.362 e. The molecule has 0 radical (unpaired) electrons. The Balaban J connectivity index is 1.50.